The second-order valence-electron chi connectivity index (χ2n) is 7.75. The zero-order chi connectivity index (χ0) is 19.1. The highest BCUT2D eigenvalue weighted by atomic mass is 19.1. The third kappa shape index (κ3) is 5.35. The van der Waals surface area contributed by atoms with Crippen molar-refractivity contribution in [3.8, 4) is 17.2 Å². The van der Waals surface area contributed by atoms with Gasteiger partial charge in [-0.05, 0) is 36.0 Å². The zero-order valence-electron chi connectivity index (χ0n) is 16.1. The van der Waals surface area contributed by atoms with Crippen LogP contribution in [0.2, 0.25) is 0 Å². The fraction of sp³-hybridized carbons (Fsp3) is 0.522. The second-order valence-corrected chi connectivity index (χ2v) is 7.75. The summed E-state index contributed by atoms with van der Waals surface area (Å²) in [5.41, 5.74) is 1.64. The van der Waals surface area contributed by atoms with Crippen molar-refractivity contribution in [1.29, 1.82) is 5.26 Å². The van der Waals surface area contributed by atoms with Crippen molar-refractivity contribution in [3.05, 3.63) is 47.8 Å². The first-order valence-corrected chi connectivity index (χ1v) is 10.2. The van der Waals surface area contributed by atoms with Gasteiger partial charge in [-0.1, -0.05) is 64.0 Å². The zero-order valence-corrected chi connectivity index (χ0v) is 16.1. The molecule has 0 radical (unpaired) electrons. The molecule has 3 nitrogen and oxygen atoms in total. The molecule has 4 heteroatoms. The predicted molar refractivity (Wildman–Crippen MR) is 105 cm³/mol. The van der Waals surface area contributed by atoms with Gasteiger partial charge in [0.05, 0.1) is 17.2 Å². The van der Waals surface area contributed by atoms with Crippen molar-refractivity contribution in [2.45, 2.75) is 64.7 Å². The molecule has 1 aliphatic rings. The first-order valence-electron chi connectivity index (χ1n) is 10.2. The molecule has 1 heterocycles. The van der Waals surface area contributed by atoms with Gasteiger partial charge in [0.25, 0.3) is 0 Å². The van der Waals surface area contributed by atoms with Crippen LogP contribution in [0.4, 0.5) is 4.39 Å². The molecule has 0 unspecified atom stereocenters. The van der Waals surface area contributed by atoms with Crippen LogP contribution in [-0.4, -0.2) is 9.97 Å². The highest BCUT2D eigenvalue weighted by Crippen LogP contribution is 2.34. The van der Waals surface area contributed by atoms with Crippen molar-refractivity contribution in [3.63, 3.8) is 0 Å². The minimum atomic E-state index is -0.479. The Bertz CT molecular complexity index is 771. The molecular weight excluding hydrogens is 337 g/mol. The van der Waals surface area contributed by atoms with E-state index in [1.54, 1.807) is 30.5 Å². The molecule has 142 valence electrons. The summed E-state index contributed by atoms with van der Waals surface area (Å²) < 4.78 is 14.4. The Labute approximate surface area is 161 Å². The van der Waals surface area contributed by atoms with Gasteiger partial charge in [-0.15, -0.1) is 0 Å². The van der Waals surface area contributed by atoms with Gasteiger partial charge in [0, 0.05) is 12.6 Å². The average Bonchev–Trinajstić information content (AvgIpc) is 2.72. The summed E-state index contributed by atoms with van der Waals surface area (Å²) in [6.45, 7) is 2.26. The molecular formula is C23H28FN3. The highest BCUT2D eigenvalue weighted by Gasteiger charge is 2.21. The molecule has 0 atom stereocenters. The molecule has 1 aromatic heterocycles. The summed E-state index contributed by atoms with van der Waals surface area (Å²) in [5, 5.41) is 8.86. The number of hydrogen-bond donors (Lipinski definition) is 0. The number of aryl methyl sites for hydroxylation is 1. The minimum absolute atomic E-state index is 0.389. The summed E-state index contributed by atoms with van der Waals surface area (Å²) in [6.07, 6.45) is 12.7. The molecule has 1 aliphatic carbocycles. The molecule has 1 saturated carbocycles. The summed E-state index contributed by atoms with van der Waals surface area (Å²) in [4.78, 5) is 8.47. The van der Waals surface area contributed by atoms with E-state index in [1.807, 2.05) is 0 Å². The van der Waals surface area contributed by atoms with Crippen molar-refractivity contribution in [2.24, 2.45) is 11.8 Å². The summed E-state index contributed by atoms with van der Waals surface area (Å²) in [7, 11) is 0. The topological polar surface area (TPSA) is 49.6 Å². The predicted octanol–water partition coefficient (Wildman–Crippen LogP) is 6.08. The lowest BCUT2D eigenvalue weighted by Crippen LogP contribution is -2.15. The number of nitrogens with zero attached hydrogens (tertiary/aromatic N) is 3. The average molecular weight is 365 g/mol. The van der Waals surface area contributed by atoms with Gasteiger partial charge in [-0.3, -0.25) is 0 Å². The Hall–Kier alpha value is -2.28. The van der Waals surface area contributed by atoms with E-state index in [2.05, 4.69) is 23.0 Å². The normalized spacial score (nSPS) is 19.6. The summed E-state index contributed by atoms with van der Waals surface area (Å²) in [5.74, 6) is 1.76. The monoisotopic (exact) mass is 365 g/mol. The van der Waals surface area contributed by atoms with Crippen LogP contribution in [0.15, 0.2) is 30.5 Å². The molecule has 0 aliphatic heterocycles. The fourth-order valence-electron chi connectivity index (χ4n) is 4.07. The molecule has 0 saturated heterocycles. The fourth-order valence-corrected chi connectivity index (χ4v) is 4.07. The van der Waals surface area contributed by atoms with E-state index in [-0.39, 0.29) is 0 Å². The number of aromatic nitrogens is 2. The van der Waals surface area contributed by atoms with Crippen molar-refractivity contribution >= 4 is 0 Å². The van der Waals surface area contributed by atoms with Crippen LogP contribution in [0.5, 0.6) is 0 Å². The second kappa shape index (κ2) is 9.60. The minimum Gasteiger partial charge on any atom is -0.241 e. The first-order chi connectivity index (χ1) is 13.2. The maximum absolute atomic E-state index is 14.4. The molecule has 1 fully saturated rings. The number of benzene rings is 1. The van der Waals surface area contributed by atoms with Gasteiger partial charge in [0.15, 0.2) is 0 Å². The van der Waals surface area contributed by atoms with Gasteiger partial charge in [0.1, 0.15) is 5.82 Å². The molecule has 2 aromatic rings. The SMILES string of the molecule is CCCC[C@H]1CC[C@H](CCc2ncc(-c3ccc(C#N)cc3)c(F)n2)CC1. The first kappa shape index (κ1) is 19.5. The van der Waals surface area contributed by atoms with Gasteiger partial charge >= 0.3 is 0 Å². The summed E-state index contributed by atoms with van der Waals surface area (Å²) in [6, 6.07) is 8.89. The van der Waals surface area contributed by atoms with E-state index < -0.39 is 5.95 Å². The highest BCUT2D eigenvalue weighted by molar-refractivity contribution is 5.63. The molecule has 27 heavy (non-hydrogen) atoms. The van der Waals surface area contributed by atoms with Crippen LogP contribution in [-0.2, 0) is 6.42 Å². The van der Waals surface area contributed by atoms with Crippen LogP contribution in [0.25, 0.3) is 11.1 Å². The van der Waals surface area contributed by atoms with Crippen LogP contribution >= 0.6 is 0 Å². The molecule has 0 bridgehead atoms. The third-order valence-electron chi connectivity index (χ3n) is 5.83. The van der Waals surface area contributed by atoms with Crippen LogP contribution in [0, 0.1) is 29.1 Å². The Morgan fingerprint density at radius 2 is 1.74 bits per heavy atom. The number of hydrogen-bond acceptors (Lipinski definition) is 3. The Kier molecular flexibility index (Phi) is 6.92. The van der Waals surface area contributed by atoms with Crippen molar-refractivity contribution in [2.75, 3.05) is 0 Å². The lowest BCUT2D eigenvalue weighted by Gasteiger charge is -2.28. The van der Waals surface area contributed by atoms with E-state index in [9.17, 15) is 4.39 Å². The van der Waals surface area contributed by atoms with E-state index >= 15 is 0 Å². The quantitative estimate of drug-likeness (QED) is 0.558. The molecule has 3 rings (SSSR count). The number of nitriles is 1. The Balaban J connectivity index is 1.53. The van der Waals surface area contributed by atoms with Gasteiger partial charge in [-0.25, -0.2) is 9.97 Å². The lowest BCUT2D eigenvalue weighted by molar-refractivity contribution is 0.249. The van der Waals surface area contributed by atoms with Gasteiger partial charge in [-0.2, -0.15) is 9.65 Å². The molecule has 1 aromatic carbocycles. The molecule has 0 N–H and O–H groups in total. The van der Waals surface area contributed by atoms with E-state index in [0.717, 1.165) is 24.7 Å². The number of halogens is 1. The lowest BCUT2D eigenvalue weighted by atomic mass is 9.78. The van der Waals surface area contributed by atoms with Crippen LogP contribution in [0.3, 0.4) is 0 Å². The number of unbranched alkanes of at least 4 members (excludes halogenated alkanes) is 1. The van der Waals surface area contributed by atoms with Crippen LogP contribution in [0.1, 0.15) is 69.7 Å². The van der Waals surface area contributed by atoms with E-state index in [1.165, 1.54) is 44.9 Å². The maximum atomic E-state index is 14.4. The van der Waals surface area contributed by atoms with Gasteiger partial charge < -0.3 is 0 Å². The van der Waals surface area contributed by atoms with Crippen LogP contribution < -0.4 is 0 Å². The number of rotatable bonds is 7. The molecule has 0 spiro atoms. The summed E-state index contributed by atoms with van der Waals surface area (Å²) >= 11 is 0. The smallest absolute Gasteiger partial charge is 0.224 e. The van der Waals surface area contributed by atoms with Crippen molar-refractivity contribution in [1.82, 2.24) is 9.97 Å². The largest absolute Gasteiger partial charge is 0.241 e. The third-order valence-corrected chi connectivity index (χ3v) is 5.83. The Morgan fingerprint density at radius 1 is 1.07 bits per heavy atom. The van der Waals surface area contributed by atoms with E-state index in [0.29, 0.717) is 22.5 Å². The maximum Gasteiger partial charge on any atom is 0.224 e. The van der Waals surface area contributed by atoms with Gasteiger partial charge in [0.2, 0.25) is 5.95 Å². The Morgan fingerprint density at radius 3 is 2.33 bits per heavy atom. The van der Waals surface area contributed by atoms with Crippen molar-refractivity contribution < 1.29 is 4.39 Å². The standard InChI is InChI=1S/C23H28FN3/c1-2-3-4-17-5-7-18(8-6-17)11-14-22-26-16-21(23(24)27-22)20-12-9-19(15-25)10-13-20/h9-10,12-13,16-18H,2-8,11,14H2,1H3/t17-,18-. The molecule has 0 amide bonds. The van der Waals surface area contributed by atoms with E-state index in [4.69, 9.17) is 5.26 Å².